The van der Waals surface area contributed by atoms with E-state index in [2.05, 4.69) is 31.0 Å². The van der Waals surface area contributed by atoms with Crippen LogP contribution in [0.5, 0.6) is 5.75 Å². The first-order valence-corrected chi connectivity index (χ1v) is 6.83. The molecule has 102 valence electrons. The first kappa shape index (κ1) is 14.1. The summed E-state index contributed by atoms with van der Waals surface area (Å²) in [6.07, 6.45) is -4.73. The number of hydrogen-bond acceptors (Lipinski definition) is 4. The summed E-state index contributed by atoms with van der Waals surface area (Å²) in [5.41, 5.74) is 0.490. The van der Waals surface area contributed by atoms with Crippen molar-refractivity contribution in [2.24, 2.45) is 0 Å². The molecule has 2 aromatic rings. The summed E-state index contributed by atoms with van der Waals surface area (Å²) in [6.45, 7) is 0. The summed E-state index contributed by atoms with van der Waals surface area (Å²) in [4.78, 5) is 15.2. The molecule has 0 unspecified atom stereocenters. The molecule has 1 N–H and O–H groups in total. The molecule has 0 fully saturated rings. The van der Waals surface area contributed by atoms with Gasteiger partial charge in [0.1, 0.15) is 5.75 Å². The second-order valence-corrected chi connectivity index (χ2v) is 4.97. The number of aromatic nitrogens is 1. The number of anilines is 1. The van der Waals surface area contributed by atoms with Gasteiger partial charge >= 0.3 is 6.36 Å². The van der Waals surface area contributed by atoms with Crippen molar-refractivity contribution < 1.29 is 22.7 Å². The summed E-state index contributed by atoms with van der Waals surface area (Å²) in [5.74, 6) is -0.604. The molecule has 1 amide bonds. The number of hydrogen-bond donors (Lipinski definition) is 1. The van der Waals surface area contributed by atoms with Crippen LogP contribution in [0.15, 0.2) is 18.2 Å². The van der Waals surface area contributed by atoms with Gasteiger partial charge in [-0.1, -0.05) is 27.3 Å². The van der Waals surface area contributed by atoms with Crippen molar-refractivity contribution in [3.05, 3.63) is 18.2 Å². The van der Waals surface area contributed by atoms with Crippen LogP contribution >= 0.6 is 27.3 Å². The van der Waals surface area contributed by atoms with Gasteiger partial charge in [-0.3, -0.25) is 4.79 Å². The highest BCUT2D eigenvalue weighted by atomic mass is 79.9. The molecule has 4 nitrogen and oxygen atoms in total. The highest BCUT2D eigenvalue weighted by molar-refractivity contribution is 9.09. The number of nitrogens with one attached hydrogen (secondary N) is 1. The molecule has 0 spiro atoms. The smallest absolute Gasteiger partial charge is 0.406 e. The van der Waals surface area contributed by atoms with E-state index in [0.717, 1.165) is 11.3 Å². The number of nitrogens with zero attached hydrogens (tertiary/aromatic N) is 1. The Bertz CT molecular complexity index is 614. The zero-order chi connectivity index (χ0) is 14.0. The summed E-state index contributed by atoms with van der Waals surface area (Å²) in [5, 5.41) is 2.95. The van der Waals surface area contributed by atoms with Crippen molar-refractivity contribution in [1.29, 1.82) is 0 Å². The summed E-state index contributed by atoms with van der Waals surface area (Å²) >= 11 is 4.05. The van der Waals surface area contributed by atoms with Gasteiger partial charge in [0.15, 0.2) is 5.13 Å². The lowest BCUT2D eigenvalue weighted by atomic mass is 10.3. The quantitative estimate of drug-likeness (QED) is 0.857. The van der Waals surface area contributed by atoms with Gasteiger partial charge in [-0.15, -0.1) is 13.2 Å². The van der Waals surface area contributed by atoms with Gasteiger partial charge in [0.05, 0.1) is 15.5 Å². The minimum absolute atomic E-state index is 0.116. The maximum Gasteiger partial charge on any atom is 0.573 e. The zero-order valence-corrected chi connectivity index (χ0v) is 11.5. The predicted octanol–water partition coefficient (Wildman–Crippen LogP) is 3.53. The third kappa shape index (κ3) is 3.80. The molecule has 19 heavy (non-hydrogen) atoms. The predicted molar refractivity (Wildman–Crippen MR) is 68.7 cm³/mol. The molecule has 1 heterocycles. The van der Waals surface area contributed by atoms with Gasteiger partial charge in [0.25, 0.3) is 0 Å². The van der Waals surface area contributed by atoms with Crippen LogP contribution in [0.1, 0.15) is 0 Å². The van der Waals surface area contributed by atoms with Crippen LogP contribution in [0.2, 0.25) is 0 Å². The fraction of sp³-hybridized carbons (Fsp3) is 0.200. The Labute approximate surface area is 117 Å². The standard InChI is InChI=1S/C10H6BrF3N2O2S/c11-4-8(17)16-9-15-6-2-1-5(3-7(6)19-9)18-10(12,13)14/h1-3H,4H2,(H,15,16,17). The number of fused-ring (bicyclic) bond motifs is 1. The van der Waals surface area contributed by atoms with Crippen molar-refractivity contribution in [1.82, 2.24) is 4.98 Å². The van der Waals surface area contributed by atoms with E-state index in [1.807, 2.05) is 0 Å². The minimum atomic E-state index is -4.73. The number of benzene rings is 1. The van der Waals surface area contributed by atoms with Gasteiger partial charge in [-0.05, 0) is 12.1 Å². The number of rotatable bonds is 3. The number of ether oxygens (including phenoxy) is 1. The summed E-state index contributed by atoms with van der Waals surface area (Å²) in [6, 6.07) is 3.80. The summed E-state index contributed by atoms with van der Waals surface area (Å²) < 4.78 is 40.5. The molecule has 2 rings (SSSR count). The molecule has 0 aliphatic carbocycles. The minimum Gasteiger partial charge on any atom is -0.406 e. The van der Waals surface area contributed by atoms with Crippen molar-refractivity contribution in [2.45, 2.75) is 6.36 Å². The average molecular weight is 355 g/mol. The number of halogens is 4. The molecular weight excluding hydrogens is 349 g/mol. The van der Waals surface area contributed by atoms with E-state index >= 15 is 0 Å². The molecule has 0 atom stereocenters. The number of alkyl halides is 4. The van der Waals surface area contributed by atoms with Crippen LogP contribution in [0.25, 0.3) is 10.2 Å². The Morgan fingerprint density at radius 3 is 2.84 bits per heavy atom. The molecule has 0 radical (unpaired) electrons. The molecule has 1 aromatic carbocycles. The molecule has 0 saturated heterocycles. The molecule has 1 aromatic heterocycles. The van der Waals surface area contributed by atoms with E-state index < -0.39 is 6.36 Å². The van der Waals surface area contributed by atoms with Crippen LogP contribution in [0.3, 0.4) is 0 Å². The lowest BCUT2D eigenvalue weighted by Crippen LogP contribution is -2.16. The maximum atomic E-state index is 12.1. The first-order valence-electron chi connectivity index (χ1n) is 4.89. The number of carbonyl (C=O) groups is 1. The van der Waals surface area contributed by atoms with Crippen molar-refractivity contribution in [2.75, 3.05) is 10.6 Å². The molecule has 0 aliphatic heterocycles. The summed E-state index contributed by atoms with van der Waals surface area (Å²) in [7, 11) is 0. The van der Waals surface area contributed by atoms with Crippen LogP contribution in [0, 0.1) is 0 Å². The SMILES string of the molecule is O=C(CBr)Nc1nc2ccc(OC(F)(F)F)cc2s1. The molecule has 9 heteroatoms. The van der Waals surface area contributed by atoms with E-state index in [9.17, 15) is 18.0 Å². The van der Waals surface area contributed by atoms with Crippen LogP contribution in [-0.2, 0) is 4.79 Å². The highest BCUT2D eigenvalue weighted by Gasteiger charge is 2.31. The lowest BCUT2D eigenvalue weighted by molar-refractivity contribution is -0.274. The molecule has 0 bridgehead atoms. The fourth-order valence-corrected chi connectivity index (χ4v) is 2.36. The van der Waals surface area contributed by atoms with Gasteiger partial charge in [-0.25, -0.2) is 4.98 Å². The van der Waals surface area contributed by atoms with E-state index in [4.69, 9.17) is 0 Å². The Balaban J connectivity index is 2.26. The van der Waals surface area contributed by atoms with E-state index in [-0.39, 0.29) is 17.0 Å². The Morgan fingerprint density at radius 1 is 1.47 bits per heavy atom. The second kappa shape index (κ2) is 5.33. The third-order valence-corrected chi connectivity index (χ3v) is 3.40. The van der Waals surface area contributed by atoms with E-state index in [1.165, 1.54) is 18.2 Å². The molecule has 0 saturated carbocycles. The van der Waals surface area contributed by atoms with Gasteiger partial charge in [-0.2, -0.15) is 0 Å². The monoisotopic (exact) mass is 354 g/mol. The van der Waals surface area contributed by atoms with Crippen LogP contribution in [0.4, 0.5) is 18.3 Å². The number of amides is 1. The van der Waals surface area contributed by atoms with Crippen molar-refractivity contribution >= 4 is 48.5 Å². The maximum absolute atomic E-state index is 12.1. The lowest BCUT2D eigenvalue weighted by Gasteiger charge is -2.07. The van der Waals surface area contributed by atoms with Gasteiger partial charge in [0, 0.05) is 6.07 Å². The van der Waals surface area contributed by atoms with E-state index in [1.54, 1.807) is 0 Å². The third-order valence-electron chi connectivity index (χ3n) is 1.96. The first-order chi connectivity index (χ1) is 8.87. The molecule has 0 aliphatic rings. The second-order valence-electron chi connectivity index (χ2n) is 3.38. The van der Waals surface area contributed by atoms with E-state index in [0.29, 0.717) is 15.3 Å². The topological polar surface area (TPSA) is 51.2 Å². The largest absolute Gasteiger partial charge is 0.573 e. The van der Waals surface area contributed by atoms with Gasteiger partial charge in [0.2, 0.25) is 5.91 Å². The zero-order valence-electron chi connectivity index (χ0n) is 9.12. The molecular formula is C10H6BrF3N2O2S. The number of carbonyl (C=O) groups excluding carboxylic acids is 1. The van der Waals surface area contributed by atoms with Crippen LogP contribution in [-0.4, -0.2) is 22.6 Å². The Morgan fingerprint density at radius 2 is 2.21 bits per heavy atom. The Hall–Kier alpha value is -1.35. The van der Waals surface area contributed by atoms with Crippen LogP contribution < -0.4 is 10.1 Å². The number of thiazole rings is 1. The average Bonchev–Trinajstić information content (AvgIpc) is 2.68. The fourth-order valence-electron chi connectivity index (χ4n) is 1.31. The van der Waals surface area contributed by atoms with Crippen molar-refractivity contribution in [3.63, 3.8) is 0 Å². The van der Waals surface area contributed by atoms with Crippen molar-refractivity contribution in [3.8, 4) is 5.75 Å². The highest BCUT2D eigenvalue weighted by Crippen LogP contribution is 2.31. The Kier molecular flexibility index (Phi) is 3.95. The van der Waals surface area contributed by atoms with Gasteiger partial charge < -0.3 is 10.1 Å². The normalized spacial score (nSPS) is 11.6.